The van der Waals surface area contributed by atoms with E-state index in [4.69, 9.17) is 5.73 Å². The molecule has 5 heteroatoms. The fraction of sp³-hybridized carbons (Fsp3) is 0.154. The molecule has 0 radical (unpaired) electrons. The summed E-state index contributed by atoms with van der Waals surface area (Å²) in [5.74, 6) is 0.700. The van der Waals surface area contributed by atoms with Crippen LogP contribution in [-0.4, -0.2) is 9.38 Å². The number of fused-ring (bicyclic) bond motifs is 1. The van der Waals surface area contributed by atoms with Crippen LogP contribution in [0, 0.1) is 13.8 Å². The Labute approximate surface area is 117 Å². The molecule has 0 bridgehead atoms. The number of pyridine rings is 1. The summed E-state index contributed by atoms with van der Waals surface area (Å²) in [6.45, 7) is 4.11. The number of halogens is 1. The van der Waals surface area contributed by atoms with Crippen molar-refractivity contribution in [2.45, 2.75) is 13.8 Å². The topological polar surface area (TPSA) is 43.3 Å². The summed E-state index contributed by atoms with van der Waals surface area (Å²) < 4.78 is 3.03. The van der Waals surface area contributed by atoms with Gasteiger partial charge in [0.25, 0.3) is 0 Å². The van der Waals surface area contributed by atoms with Crippen LogP contribution < -0.4 is 5.73 Å². The quantitative estimate of drug-likeness (QED) is 0.735. The van der Waals surface area contributed by atoms with E-state index in [-0.39, 0.29) is 0 Å². The zero-order valence-corrected chi connectivity index (χ0v) is 12.5. The maximum Gasteiger partial charge on any atom is 0.139 e. The normalized spacial score (nSPS) is 11.3. The largest absolute Gasteiger partial charge is 0.383 e. The standard InChI is InChI=1S/C13H12BrN3S/c1-7-5-8(2)17-10(6-7)16-11(13(17)15)12-9(14)3-4-18-12/h3-6H,15H2,1-2H3. The third-order valence-electron chi connectivity index (χ3n) is 2.92. The number of nitrogen functional groups attached to an aromatic ring is 1. The van der Waals surface area contributed by atoms with Crippen LogP contribution in [0.25, 0.3) is 16.2 Å². The van der Waals surface area contributed by atoms with Crippen LogP contribution in [0.3, 0.4) is 0 Å². The fourth-order valence-electron chi connectivity index (χ4n) is 2.19. The number of nitrogens with zero attached hydrogens (tertiary/aromatic N) is 2. The zero-order chi connectivity index (χ0) is 12.9. The molecule has 3 aromatic rings. The number of nitrogens with two attached hydrogens (primary N) is 1. The van der Waals surface area contributed by atoms with E-state index in [0.29, 0.717) is 5.82 Å². The molecule has 0 fully saturated rings. The van der Waals surface area contributed by atoms with Gasteiger partial charge in [-0.25, -0.2) is 4.98 Å². The summed E-state index contributed by atoms with van der Waals surface area (Å²) in [6, 6.07) is 6.17. The highest BCUT2D eigenvalue weighted by molar-refractivity contribution is 9.10. The summed E-state index contributed by atoms with van der Waals surface area (Å²) in [5.41, 5.74) is 10.3. The Morgan fingerprint density at radius 1 is 1.33 bits per heavy atom. The average Bonchev–Trinajstić information content (AvgIpc) is 2.82. The SMILES string of the molecule is Cc1cc(C)n2c(N)c(-c3sccc3Br)nc2c1. The van der Waals surface area contributed by atoms with Crippen molar-refractivity contribution in [2.24, 2.45) is 0 Å². The number of aromatic nitrogens is 2. The van der Waals surface area contributed by atoms with Gasteiger partial charge in [0.1, 0.15) is 17.2 Å². The molecule has 3 rings (SSSR count). The van der Waals surface area contributed by atoms with Crippen molar-refractivity contribution in [1.82, 2.24) is 9.38 Å². The molecule has 3 aromatic heterocycles. The third-order valence-corrected chi connectivity index (χ3v) is 4.76. The lowest BCUT2D eigenvalue weighted by Gasteiger charge is -2.03. The molecule has 0 atom stereocenters. The van der Waals surface area contributed by atoms with Crippen molar-refractivity contribution in [3.05, 3.63) is 39.3 Å². The predicted molar refractivity (Wildman–Crippen MR) is 80.1 cm³/mol. The first kappa shape index (κ1) is 11.7. The first-order valence-electron chi connectivity index (χ1n) is 5.56. The van der Waals surface area contributed by atoms with Crippen LogP contribution in [0.4, 0.5) is 5.82 Å². The summed E-state index contributed by atoms with van der Waals surface area (Å²) in [5, 5.41) is 2.03. The molecule has 0 aliphatic carbocycles. The van der Waals surface area contributed by atoms with Crippen LogP contribution >= 0.6 is 27.3 Å². The van der Waals surface area contributed by atoms with Gasteiger partial charge in [0.05, 0.1) is 4.88 Å². The smallest absolute Gasteiger partial charge is 0.139 e. The zero-order valence-electron chi connectivity index (χ0n) is 10.1. The lowest BCUT2D eigenvalue weighted by Crippen LogP contribution is -1.98. The molecule has 92 valence electrons. The minimum Gasteiger partial charge on any atom is -0.383 e. The van der Waals surface area contributed by atoms with E-state index in [2.05, 4.69) is 33.9 Å². The first-order chi connectivity index (χ1) is 8.58. The van der Waals surface area contributed by atoms with Crippen LogP contribution in [0.1, 0.15) is 11.3 Å². The fourth-order valence-corrected chi connectivity index (χ4v) is 3.75. The average molecular weight is 322 g/mol. The van der Waals surface area contributed by atoms with Crippen LogP contribution in [0.15, 0.2) is 28.1 Å². The van der Waals surface area contributed by atoms with E-state index in [1.165, 1.54) is 5.56 Å². The van der Waals surface area contributed by atoms with Gasteiger partial charge in [-0.05, 0) is 58.9 Å². The summed E-state index contributed by atoms with van der Waals surface area (Å²) in [7, 11) is 0. The monoisotopic (exact) mass is 321 g/mol. The van der Waals surface area contributed by atoms with E-state index < -0.39 is 0 Å². The third kappa shape index (κ3) is 1.66. The lowest BCUT2D eigenvalue weighted by atomic mass is 10.2. The highest BCUT2D eigenvalue weighted by Gasteiger charge is 2.16. The minimum absolute atomic E-state index is 0.700. The van der Waals surface area contributed by atoms with Gasteiger partial charge in [0.15, 0.2) is 0 Å². The number of hydrogen-bond acceptors (Lipinski definition) is 3. The Bertz CT molecular complexity index is 742. The van der Waals surface area contributed by atoms with Gasteiger partial charge >= 0.3 is 0 Å². The van der Waals surface area contributed by atoms with Crippen molar-refractivity contribution in [1.29, 1.82) is 0 Å². The van der Waals surface area contributed by atoms with Crippen LogP contribution in [0.2, 0.25) is 0 Å². The maximum absolute atomic E-state index is 6.24. The lowest BCUT2D eigenvalue weighted by molar-refractivity contribution is 1.09. The van der Waals surface area contributed by atoms with Crippen LogP contribution in [-0.2, 0) is 0 Å². The van der Waals surface area contributed by atoms with Crippen molar-refractivity contribution < 1.29 is 0 Å². The van der Waals surface area contributed by atoms with Gasteiger partial charge in [0, 0.05) is 10.2 Å². The molecule has 0 saturated heterocycles. The number of hydrogen-bond donors (Lipinski definition) is 1. The Balaban J connectivity index is 2.36. The Kier molecular flexibility index (Phi) is 2.68. The summed E-state index contributed by atoms with van der Waals surface area (Å²) >= 11 is 5.17. The molecule has 0 aromatic carbocycles. The molecule has 0 saturated carbocycles. The van der Waals surface area contributed by atoms with Gasteiger partial charge in [-0.3, -0.25) is 4.40 Å². The molecule has 0 aliphatic rings. The molecule has 2 N–H and O–H groups in total. The molecular formula is C13H12BrN3S. The van der Waals surface area contributed by atoms with Gasteiger partial charge in [-0.1, -0.05) is 0 Å². The van der Waals surface area contributed by atoms with E-state index in [9.17, 15) is 0 Å². The highest BCUT2D eigenvalue weighted by atomic mass is 79.9. The molecule has 18 heavy (non-hydrogen) atoms. The Morgan fingerprint density at radius 2 is 2.11 bits per heavy atom. The number of aryl methyl sites for hydroxylation is 2. The summed E-state index contributed by atoms with van der Waals surface area (Å²) in [6.07, 6.45) is 0. The van der Waals surface area contributed by atoms with Gasteiger partial charge < -0.3 is 5.73 Å². The molecule has 0 unspecified atom stereocenters. The second-order valence-electron chi connectivity index (χ2n) is 4.31. The molecule has 3 heterocycles. The van der Waals surface area contributed by atoms with Gasteiger partial charge in [-0.15, -0.1) is 11.3 Å². The maximum atomic E-state index is 6.24. The van der Waals surface area contributed by atoms with E-state index in [1.54, 1.807) is 11.3 Å². The number of thiophene rings is 1. The van der Waals surface area contributed by atoms with Crippen molar-refractivity contribution in [3.63, 3.8) is 0 Å². The predicted octanol–water partition coefficient (Wildman–Crippen LogP) is 4.02. The Hall–Kier alpha value is -1.33. The molecule has 3 nitrogen and oxygen atoms in total. The number of rotatable bonds is 1. The number of anilines is 1. The molecular weight excluding hydrogens is 310 g/mol. The molecule has 0 aliphatic heterocycles. The summed E-state index contributed by atoms with van der Waals surface area (Å²) in [4.78, 5) is 5.73. The second kappa shape index (κ2) is 4.10. The molecule has 0 amide bonds. The number of imidazole rings is 1. The van der Waals surface area contributed by atoms with Crippen LogP contribution in [0.5, 0.6) is 0 Å². The van der Waals surface area contributed by atoms with Crippen molar-refractivity contribution >= 4 is 38.7 Å². The van der Waals surface area contributed by atoms with E-state index in [0.717, 1.165) is 26.4 Å². The van der Waals surface area contributed by atoms with Gasteiger partial charge in [-0.2, -0.15) is 0 Å². The van der Waals surface area contributed by atoms with E-state index >= 15 is 0 Å². The first-order valence-corrected chi connectivity index (χ1v) is 7.23. The second-order valence-corrected chi connectivity index (χ2v) is 6.08. The molecule has 0 spiro atoms. The Morgan fingerprint density at radius 3 is 2.78 bits per heavy atom. The minimum atomic E-state index is 0.700. The van der Waals surface area contributed by atoms with Crippen molar-refractivity contribution in [3.8, 4) is 10.6 Å². The van der Waals surface area contributed by atoms with Gasteiger partial charge in [0.2, 0.25) is 0 Å². The van der Waals surface area contributed by atoms with E-state index in [1.807, 2.05) is 28.8 Å². The van der Waals surface area contributed by atoms with Crippen molar-refractivity contribution in [2.75, 3.05) is 5.73 Å². The highest BCUT2D eigenvalue weighted by Crippen LogP contribution is 2.36.